The van der Waals surface area contributed by atoms with Gasteiger partial charge >= 0.3 is 12.4 Å². The Kier molecular flexibility index (Phi) is 9.49. The van der Waals surface area contributed by atoms with Crippen LogP contribution in [0, 0.1) is 0 Å². The number of piperazine rings is 1. The molecule has 40 heavy (non-hydrogen) atoms. The molecule has 2 aromatic carbocycles. The van der Waals surface area contributed by atoms with Gasteiger partial charge in [-0.1, -0.05) is 29.8 Å². The van der Waals surface area contributed by atoms with Crippen molar-refractivity contribution in [2.45, 2.75) is 32.4 Å². The van der Waals surface area contributed by atoms with Crippen molar-refractivity contribution in [3.63, 3.8) is 0 Å². The lowest BCUT2D eigenvalue weighted by molar-refractivity contribution is -0.143. The first-order valence-corrected chi connectivity index (χ1v) is 12.5. The summed E-state index contributed by atoms with van der Waals surface area (Å²) in [6, 6.07) is 8.10. The van der Waals surface area contributed by atoms with Gasteiger partial charge in [-0.15, -0.1) is 0 Å². The van der Waals surface area contributed by atoms with E-state index < -0.39 is 35.9 Å². The molecule has 7 nitrogen and oxygen atoms in total. The maximum Gasteiger partial charge on any atom is 0.416 e. The number of benzene rings is 2. The standard InChI is InChI=1S/C26H28ClF6N5O2/c1-16(39)37-7-9-38(10-8-37)23(22(34)24(40)36(2)15-18-5-3-4-6-21(18)27)35-14-17-11-19(25(28,29)30)13-20(12-17)26(31,32)33/h3-6,11-13,35H,7-10,14-15,34H2,1-2H3/b23-22+. The summed E-state index contributed by atoms with van der Waals surface area (Å²) in [6.45, 7) is 2.00. The van der Waals surface area contributed by atoms with Crippen LogP contribution in [0.3, 0.4) is 0 Å². The van der Waals surface area contributed by atoms with Crippen LogP contribution < -0.4 is 11.1 Å². The van der Waals surface area contributed by atoms with E-state index in [0.717, 1.165) is 0 Å². The molecule has 1 aliphatic heterocycles. The van der Waals surface area contributed by atoms with Crippen molar-refractivity contribution < 1.29 is 35.9 Å². The minimum absolute atomic E-state index is 0.0326. The summed E-state index contributed by atoms with van der Waals surface area (Å²) in [4.78, 5) is 29.5. The molecule has 1 fully saturated rings. The molecular formula is C26H28ClF6N5O2. The average Bonchev–Trinajstić information content (AvgIpc) is 2.88. The molecule has 0 aliphatic carbocycles. The van der Waals surface area contributed by atoms with Gasteiger partial charge in [-0.2, -0.15) is 26.3 Å². The number of rotatable bonds is 7. The Morgan fingerprint density at radius 1 is 0.950 bits per heavy atom. The number of carbonyl (C=O) groups excluding carboxylic acids is 2. The highest BCUT2D eigenvalue weighted by molar-refractivity contribution is 6.31. The minimum Gasteiger partial charge on any atom is -0.391 e. The molecule has 0 bridgehead atoms. The Morgan fingerprint density at radius 3 is 1.98 bits per heavy atom. The molecule has 2 amide bonds. The van der Waals surface area contributed by atoms with Gasteiger partial charge in [0.25, 0.3) is 5.91 Å². The second kappa shape index (κ2) is 12.3. The summed E-state index contributed by atoms with van der Waals surface area (Å²) >= 11 is 6.19. The first-order chi connectivity index (χ1) is 18.6. The van der Waals surface area contributed by atoms with Gasteiger partial charge in [-0.3, -0.25) is 9.59 Å². The van der Waals surface area contributed by atoms with Crippen LogP contribution in [-0.4, -0.2) is 59.7 Å². The molecule has 0 saturated carbocycles. The highest BCUT2D eigenvalue weighted by Crippen LogP contribution is 2.36. The van der Waals surface area contributed by atoms with Crippen LogP contribution in [0.2, 0.25) is 5.02 Å². The maximum atomic E-state index is 13.3. The number of nitrogens with two attached hydrogens (primary N) is 1. The zero-order valence-corrected chi connectivity index (χ0v) is 22.4. The Morgan fingerprint density at radius 2 is 1.48 bits per heavy atom. The number of nitrogens with zero attached hydrogens (tertiary/aromatic N) is 3. The summed E-state index contributed by atoms with van der Waals surface area (Å²) in [7, 11) is 1.48. The van der Waals surface area contributed by atoms with Gasteiger partial charge in [0.15, 0.2) is 0 Å². The van der Waals surface area contributed by atoms with E-state index >= 15 is 0 Å². The molecule has 0 atom stereocenters. The molecule has 0 unspecified atom stereocenters. The van der Waals surface area contributed by atoms with Gasteiger partial charge in [0, 0.05) is 58.3 Å². The van der Waals surface area contributed by atoms with E-state index in [1.165, 1.54) is 18.9 Å². The Balaban J connectivity index is 1.93. The molecule has 0 aromatic heterocycles. The Labute approximate surface area is 232 Å². The number of amides is 2. The SMILES string of the molecule is CC(=O)N1CCN(/C(NCc2cc(C(F)(F)F)cc(C(F)(F)F)c2)=C(/N)C(=O)N(C)Cc2ccccc2Cl)CC1. The second-order valence-corrected chi connectivity index (χ2v) is 9.68. The van der Waals surface area contributed by atoms with Gasteiger partial charge < -0.3 is 25.8 Å². The Bertz CT molecular complexity index is 1240. The highest BCUT2D eigenvalue weighted by atomic mass is 35.5. The van der Waals surface area contributed by atoms with E-state index in [1.54, 1.807) is 34.1 Å². The van der Waals surface area contributed by atoms with Gasteiger partial charge in [0.2, 0.25) is 5.91 Å². The fourth-order valence-electron chi connectivity index (χ4n) is 4.19. The summed E-state index contributed by atoms with van der Waals surface area (Å²) in [6.07, 6.45) is -10.0. The number of likely N-dealkylation sites (N-methyl/N-ethyl adjacent to an activating group) is 1. The monoisotopic (exact) mass is 591 g/mol. The van der Waals surface area contributed by atoms with Gasteiger partial charge in [-0.05, 0) is 35.4 Å². The van der Waals surface area contributed by atoms with Crippen molar-refractivity contribution >= 4 is 23.4 Å². The zero-order chi connectivity index (χ0) is 29.8. The van der Waals surface area contributed by atoms with Crippen LogP contribution in [0.5, 0.6) is 0 Å². The number of hydrogen-bond acceptors (Lipinski definition) is 5. The average molecular weight is 592 g/mol. The molecule has 218 valence electrons. The summed E-state index contributed by atoms with van der Waals surface area (Å²) in [5.41, 5.74) is 3.37. The molecular weight excluding hydrogens is 564 g/mol. The number of alkyl halides is 6. The molecule has 0 spiro atoms. The largest absolute Gasteiger partial charge is 0.416 e. The second-order valence-electron chi connectivity index (χ2n) is 9.28. The molecule has 1 aliphatic rings. The smallest absolute Gasteiger partial charge is 0.391 e. The number of halogens is 7. The Hall–Kier alpha value is -3.61. The van der Waals surface area contributed by atoms with Crippen molar-refractivity contribution in [3.8, 4) is 0 Å². The highest BCUT2D eigenvalue weighted by Gasteiger charge is 2.37. The summed E-state index contributed by atoms with van der Waals surface area (Å²) in [5, 5.41) is 3.21. The van der Waals surface area contributed by atoms with E-state index in [0.29, 0.717) is 22.7 Å². The molecule has 3 rings (SSSR count). The summed E-state index contributed by atoms with van der Waals surface area (Å²) in [5.74, 6) is -0.771. The molecule has 1 saturated heterocycles. The first-order valence-electron chi connectivity index (χ1n) is 12.1. The lowest BCUT2D eigenvalue weighted by Gasteiger charge is -2.37. The van der Waals surface area contributed by atoms with Crippen molar-refractivity contribution in [1.29, 1.82) is 0 Å². The van der Waals surface area contributed by atoms with E-state index in [1.807, 2.05) is 0 Å². The van der Waals surface area contributed by atoms with Crippen LogP contribution >= 0.6 is 11.6 Å². The third-order valence-corrected chi connectivity index (χ3v) is 6.71. The topological polar surface area (TPSA) is 81.9 Å². The van der Waals surface area contributed by atoms with E-state index in [-0.39, 0.29) is 61.8 Å². The maximum absolute atomic E-state index is 13.3. The van der Waals surface area contributed by atoms with Crippen LogP contribution in [0.25, 0.3) is 0 Å². The normalized spacial score (nSPS) is 15.0. The van der Waals surface area contributed by atoms with Gasteiger partial charge in [0.1, 0.15) is 11.5 Å². The van der Waals surface area contributed by atoms with Crippen molar-refractivity contribution in [2.24, 2.45) is 5.73 Å². The van der Waals surface area contributed by atoms with Crippen molar-refractivity contribution in [2.75, 3.05) is 33.2 Å². The summed E-state index contributed by atoms with van der Waals surface area (Å²) < 4.78 is 80.0. The molecule has 3 N–H and O–H groups in total. The van der Waals surface area contributed by atoms with Crippen molar-refractivity contribution in [1.82, 2.24) is 20.0 Å². The van der Waals surface area contributed by atoms with Crippen LogP contribution in [0.1, 0.15) is 29.2 Å². The minimum atomic E-state index is -5.01. The molecule has 14 heteroatoms. The first kappa shape index (κ1) is 30.9. The van der Waals surface area contributed by atoms with E-state index in [9.17, 15) is 35.9 Å². The van der Waals surface area contributed by atoms with E-state index in [4.69, 9.17) is 17.3 Å². The number of hydrogen-bond donors (Lipinski definition) is 2. The lowest BCUT2D eigenvalue weighted by atomic mass is 10.0. The molecule has 2 aromatic rings. The molecule has 1 heterocycles. The number of nitrogens with one attached hydrogen (secondary N) is 1. The zero-order valence-electron chi connectivity index (χ0n) is 21.7. The van der Waals surface area contributed by atoms with Crippen LogP contribution in [-0.2, 0) is 35.0 Å². The predicted octanol–water partition coefficient (Wildman–Crippen LogP) is 4.42. The third kappa shape index (κ3) is 7.74. The van der Waals surface area contributed by atoms with Gasteiger partial charge in [0.05, 0.1) is 11.1 Å². The fourth-order valence-corrected chi connectivity index (χ4v) is 4.39. The molecule has 0 radical (unpaired) electrons. The third-order valence-electron chi connectivity index (χ3n) is 6.35. The van der Waals surface area contributed by atoms with Crippen molar-refractivity contribution in [3.05, 3.63) is 81.3 Å². The predicted molar refractivity (Wildman–Crippen MR) is 136 cm³/mol. The van der Waals surface area contributed by atoms with Gasteiger partial charge in [-0.25, -0.2) is 0 Å². The van der Waals surface area contributed by atoms with E-state index in [2.05, 4.69) is 5.32 Å². The fraction of sp³-hybridized carbons (Fsp3) is 0.385. The lowest BCUT2D eigenvalue weighted by Crippen LogP contribution is -2.50. The van der Waals surface area contributed by atoms with Crippen LogP contribution in [0.4, 0.5) is 26.3 Å². The number of carbonyl (C=O) groups is 2. The quantitative estimate of drug-likeness (QED) is 0.368. The van der Waals surface area contributed by atoms with Crippen LogP contribution in [0.15, 0.2) is 54.0 Å².